The maximum absolute atomic E-state index is 2.33. The van der Waals surface area contributed by atoms with Crippen molar-refractivity contribution in [1.82, 2.24) is 9.13 Å². The van der Waals surface area contributed by atoms with Crippen LogP contribution in [-0.4, -0.2) is 46.2 Å². The third kappa shape index (κ3) is 1.26. The Kier molecular flexibility index (Phi) is 1.46. The van der Waals surface area contributed by atoms with E-state index in [-0.39, 0.29) is 0 Å². The highest BCUT2D eigenvalue weighted by atomic mass is 28.2. The van der Waals surface area contributed by atoms with Crippen molar-refractivity contribution in [2.75, 3.05) is 27.2 Å². The molecule has 0 aromatic carbocycles. The van der Waals surface area contributed by atoms with Crippen LogP contribution in [0.2, 0.25) is 0 Å². The van der Waals surface area contributed by atoms with Crippen LogP contribution in [0.1, 0.15) is 0 Å². The maximum atomic E-state index is 2.33. The number of hydrogen-bond acceptors (Lipinski definition) is 2. The summed E-state index contributed by atoms with van der Waals surface area (Å²) in [5.74, 6) is 0. The molecule has 7 heavy (non-hydrogen) atoms. The lowest BCUT2D eigenvalue weighted by molar-refractivity contribution is 0.553. The fraction of sp³-hybridized carbons (Fsp3) is 1.00. The molecule has 0 bridgehead atoms. The molecule has 0 aromatic rings. The molecule has 1 heterocycles. The van der Waals surface area contributed by atoms with E-state index in [4.69, 9.17) is 0 Å². The lowest BCUT2D eigenvalue weighted by Crippen LogP contribution is -2.23. The van der Waals surface area contributed by atoms with Gasteiger partial charge in [-0.15, -0.1) is 0 Å². The SMILES string of the molecule is CN1CCN(C)[Si]1. The predicted octanol–water partition coefficient (Wildman–Crippen LogP) is -0.602. The molecule has 1 fully saturated rings. The highest BCUT2D eigenvalue weighted by Gasteiger charge is 2.12. The van der Waals surface area contributed by atoms with Crippen molar-refractivity contribution >= 4 is 9.84 Å². The number of rotatable bonds is 0. The molecule has 2 nitrogen and oxygen atoms in total. The first-order chi connectivity index (χ1) is 3.29. The smallest absolute Gasteiger partial charge is 0.250 e. The standard InChI is InChI=1S/C4H10N2Si/c1-5-3-4-6(2)7-5/h3-4H2,1-2H3. The minimum absolute atomic E-state index is 0.923. The van der Waals surface area contributed by atoms with Gasteiger partial charge in [0, 0.05) is 13.1 Å². The van der Waals surface area contributed by atoms with Gasteiger partial charge in [0.1, 0.15) is 0 Å². The average Bonchev–Trinajstić information content (AvgIpc) is 1.87. The summed E-state index contributed by atoms with van der Waals surface area (Å²) in [5.41, 5.74) is 0. The molecule has 0 saturated carbocycles. The van der Waals surface area contributed by atoms with Crippen molar-refractivity contribution in [1.29, 1.82) is 0 Å². The Hall–Kier alpha value is 0.137. The Balaban J connectivity index is 2.26. The molecule has 1 rings (SSSR count). The molecule has 0 N–H and O–H groups in total. The molecular weight excluding hydrogens is 104 g/mol. The molecule has 0 aliphatic carbocycles. The van der Waals surface area contributed by atoms with Gasteiger partial charge >= 0.3 is 0 Å². The number of likely N-dealkylation sites (N-methyl/N-ethyl adjacent to an activating group) is 2. The maximum Gasteiger partial charge on any atom is 0.250 e. The van der Waals surface area contributed by atoms with Crippen LogP contribution < -0.4 is 0 Å². The summed E-state index contributed by atoms with van der Waals surface area (Å²) in [6.07, 6.45) is 0. The summed E-state index contributed by atoms with van der Waals surface area (Å²) in [6.45, 7) is 2.49. The highest BCUT2D eigenvalue weighted by molar-refractivity contribution is 6.29. The quantitative estimate of drug-likeness (QED) is 0.388. The van der Waals surface area contributed by atoms with Crippen molar-refractivity contribution in [3.63, 3.8) is 0 Å². The number of hydrogen-bond donors (Lipinski definition) is 0. The van der Waals surface area contributed by atoms with E-state index >= 15 is 0 Å². The normalized spacial score (nSPS) is 26.6. The van der Waals surface area contributed by atoms with Gasteiger partial charge in [-0.05, 0) is 14.1 Å². The first kappa shape index (κ1) is 5.28. The minimum Gasteiger partial charge on any atom is -0.314 e. The summed E-state index contributed by atoms with van der Waals surface area (Å²) in [7, 11) is 5.23. The molecule has 0 atom stereocenters. The second-order valence-electron chi connectivity index (χ2n) is 1.94. The van der Waals surface area contributed by atoms with Crippen LogP contribution >= 0.6 is 0 Å². The van der Waals surface area contributed by atoms with Crippen molar-refractivity contribution in [2.45, 2.75) is 0 Å². The van der Waals surface area contributed by atoms with E-state index in [1.807, 2.05) is 0 Å². The molecule has 1 saturated heterocycles. The Morgan fingerprint density at radius 3 is 1.71 bits per heavy atom. The molecule has 2 radical (unpaired) electrons. The van der Waals surface area contributed by atoms with Crippen molar-refractivity contribution in [3.8, 4) is 0 Å². The van der Waals surface area contributed by atoms with Gasteiger partial charge in [0.25, 0.3) is 9.84 Å². The van der Waals surface area contributed by atoms with Crippen molar-refractivity contribution in [2.24, 2.45) is 0 Å². The van der Waals surface area contributed by atoms with E-state index in [0.717, 1.165) is 9.84 Å². The van der Waals surface area contributed by atoms with Crippen LogP contribution in [0.3, 0.4) is 0 Å². The molecular formula is C4H10N2Si. The lowest BCUT2D eigenvalue weighted by atomic mass is 10.6. The Morgan fingerprint density at radius 2 is 1.57 bits per heavy atom. The third-order valence-corrected chi connectivity index (χ3v) is 2.24. The van der Waals surface area contributed by atoms with Crippen molar-refractivity contribution in [3.05, 3.63) is 0 Å². The molecule has 0 spiro atoms. The summed E-state index contributed by atoms with van der Waals surface area (Å²) in [4.78, 5) is 0. The van der Waals surface area contributed by atoms with E-state index in [1.165, 1.54) is 13.1 Å². The van der Waals surface area contributed by atoms with E-state index in [0.29, 0.717) is 0 Å². The van der Waals surface area contributed by atoms with Gasteiger partial charge in [0.2, 0.25) is 0 Å². The van der Waals surface area contributed by atoms with Gasteiger partial charge in [0.05, 0.1) is 0 Å². The van der Waals surface area contributed by atoms with E-state index in [9.17, 15) is 0 Å². The average molecular weight is 114 g/mol. The molecule has 40 valence electrons. The topological polar surface area (TPSA) is 6.48 Å². The van der Waals surface area contributed by atoms with Crippen LogP contribution in [0, 0.1) is 0 Å². The van der Waals surface area contributed by atoms with Crippen LogP contribution in [0.15, 0.2) is 0 Å². The summed E-state index contributed by atoms with van der Waals surface area (Å²) < 4.78 is 4.67. The van der Waals surface area contributed by atoms with Gasteiger partial charge in [-0.1, -0.05) is 0 Å². The lowest BCUT2D eigenvalue weighted by Gasteiger charge is -2.02. The first-order valence-corrected chi connectivity index (χ1v) is 3.37. The molecule has 0 unspecified atom stereocenters. The van der Waals surface area contributed by atoms with Gasteiger partial charge in [-0.25, -0.2) is 0 Å². The molecule has 3 heteroatoms. The second kappa shape index (κ2) is 1.94. The van der Waals surface area contributed by atoms with Crippen LogP contribution in [0.5, 0.6) is 0 Å². The van der Waals surface area contributed by atoms with Gasteiger partial charge in [-0.2, -0.15) is 0 Å². The Labute approximate surface area is 47.1 Å². The highest BCUT2D eigenvalue weighted by Crippen LogP contribution is 1.92. The summed E-state index contributed by atoms with van der Waals surface area (Å²) >= 11 is 0. The molecule has 1 aliphatic rings. The van der Waals surface area contributed by atoms with E-state index < -0.39 is 0 Å². The fourth-order valence-electron chi connectivity index (χ4n) is 0.691. The summed E-state index contributed by atoms with van der Waals surface area (Å²) in [6, 6.07) is 0. The zero-order chi connectivity index (χ0) is 5.28. The minimum atomic E-state index is 0.923. The molecule has 0 amide bonds. The monoisotopic (exact) mass is 114 g/mol. The van der Waals surface area contributed by atoms with Gasteiger partial charge in [0.15, 0.2) is 0 Å². The van der Waals surface area contributed by atoms with Gasteiger partial charge in [-0.3, -0.25) is 0 Å². The van der Waals surface area contributed by atoms with Gasteiger partial charge < -0.3 is 9.13 Å². The fourth-order valence-corrected chi connectivity index (χ4v) is 1.67. The van der Waals surface area contributed by atoms with Crippen LogP contribution in [0.25, 0.3) is 0 Å². The van der Waals surface area contributed by atoms with Crippen LogP contribution in [-0.2, 0) is 0 Å². The van der Waals surface area contributed by atoms with E-state index in [2.05, 4.69) is 23.2 Å². The molecule has 0 aromatic heterocycles. The number of nitrogens with zero attached hydrogens (tertiary/aromatic N) is 2. The third-order valence-electron chi connectivity index (χ3n) is 1.11. The van der Waals surface area contributed by atoms with Crippen LogP contribution in [0.4, 0.5) is 0 Å². The zero-order valence-corrected chi connectivity index (χ0v) is 5.81. The van der Waals surface area contributed by atoms with Crippen molar-refractivity contribution < 1.29 is 0 Å². The Bertz CT molecular complexity index is 58.7. The second-order valence-corrected chi connectivity index (χ2v) is 3.67. The zero-order valence-electron chi connectivity index (χ0n) is 4.81. The Morgan fingerprint density at radius 1 is 1.14 bits per heavy atom. The largest absolute Gasteiger partial charge is 0.314 e. The predicted molar refractivity (Wildman–Crippen MR) is 31.0 cm³/mol. The molecule has 1 aliphatic heterocycles. The summed E-state index contributed by atoms with van der Waals surface area (Å²) in [5, 5.41) is 0. The first-order valence-electron chi connectivity index (χ1n) is 2.47. The van der Waals surface area contributed by atoms with E-state index in [1.54, 1.807) is 0 Å².